The van der Waals surface area contributed by atoms with Crippen molar-refractivity contribution < 1.29 is 14.3 Å². The van der Waals surface area contributed by atoms with Crippen molar-refractivity contribution >= 4 is 18.3 Å². The Labute approximate surface area is 132 Å². The van der Waals surface area contributed by atoms with Crippen LogP contribution in [0, 0.1) is 5.92 Å². The normalized spacial score (nSPS) is 17.0. The van der Waals surface area contributed by atoms with Gasteiger partial charge in [0.1, 0.15) is 11.5 Å². The second-order valence-electron chi connectivity index (χ2n) is 5.06. The van der Waals surface area contributed by atoms with Gasteiger partial charge in [-0.25, -0.2) is 0 Å². The fourth-order valence-electron chi connectivity index (χ4n) is 2.49. The molecule has 21 heavy (non-hydrogen) atoms. The van der Waals surface area contributed by atoms with Gasteiger partial charge in [0.05, 0.1) is 20.1 Å². The molecule has 0 radical (unpaired) electrons. The second kappa shape index (κ2) is 8.10. The number of ether oxygens (including phenoxy) is 2. The van der Waals surface area contributed by atoms with E-state index in [1.165, 1.54) is 0 Å². The number of methoxy groups -OCH3 is 2. The molecule has 0 aromatic heterocycles. The average Bonchev–Trinajstić information content (AvgIpc) is 3.00. The van der Waals surface area contributed by atoms with Crippen LogP contribution in [0.5, 0.6) is 11.5 Å². The summed E-state index contributed by atoms with van der Waals surface area (Å²) in [4.78, 5) is 14.1. The standard InChI is InChI=1S/C15H22N2O3.ClH/c1-17(15(18)11-6-7-16-9-11)10-12-4-5-13(19-2)8-14(12)20-3;/h4-5,8,11,16H,6-7,9-10H2,1-3H3;1H. The van der Waals surface area contributed by atoms with E-state index in [2.05, 4.69) is 5.32 Å². The van der Waals surface area contributed by atoms with Crippen LogP contribution in [0.3, 0.4) is 0 Å². The molecule has 2 rings (SSSR count). The molecule has 0 spiro atoms. The number of halogens is 1. The van der Waals surface area contributed by atoms with Crippen LogP contribution in [-0.2, 0) is 11.3 Å². The zero-order valence-corrected chi connectivity index (χ0v) is 13.5. The lowest BCUT2D eigenvalue weighted by molar-refractivity contribution is -0.134. The highest BCUT2D eigenvalue weighted by Crippen LogP contribution is 2.26. The molecule has 1 N–H and O–H groups in total. The number of carbonyl (C=O) groups excluding carboxylic acids is 1. The lowest BCUT2D eigenvalue weighted by atomic mass is 10.1. The van der Waals surface area contributed by atoms with Crippen molar-refractivity contribution in [1.82, 2.24) is 10.2 Å². The second-order valence-corrected chi connectivity index (χ2v) is 5.06. The van der Waals surface area contributed by atoms with Gasteiger partial charge in [-0.15, -0.1) is 12.4 Å². The Balaban J connectivity index is 0.00000220. The molecule has 1 aliphatic heterocycles. The average molecular weight is 315 g/mol. The third kappa shape index (κ3) is 4.25. The zero-order valence-electron chi connectivity index (χ0n) is 12.7. The number of nitrogens with one attached hydrogen (secondary N) is 1. The first-order valence-electron chi connectivity index (χ1n) is 6.82. The van der Waals surface area contributed by atoms with Crippen LogP contribution >= 0.6 is 12.4 Å². The maximum Gasteiger partial charge on any atom is 0.227 e. The van der Waals surface area contributed by atoms with Gasteiger partial charge in [-0.1, -0.05) is 0 Å². The number of hydrogen-bond acceptors (Lipinski definition) is 4. The van der Waals surface area contributed by atoms with Gasteiger partial charge in [0, 0.05) is 31.8 Å². The molecule has 0 bridgehead atoms. The van der Waals surface area contributed by atoms with E-state index < -0.39 is 0 Å². The number of benzene rings is 1. The smallest absolute Gasteiger partial charge is 0.227 e. The maximum atomic E-state index is 12.3. The number of nitrogens with zero attached hydrogens (tertiary/aromatic N) is 1. The van der Waals surface area contributed by atoms with E-state index in [1.807, 2.05) is 25.2 Å². The predicted molar refractivity (Wildman–Crippen MR) is 84.2 cm³/mol. The summed E-state index contributed by atoms with van der Waals surface area (Å²) in [6, 6.07) is 5.66. The first-order chi connectivity index (χ1) is 9.65. The Bertz CT molecular complexity index is 476. The summed E-state index contributed by atoms with van der Waals surface area (Å²) in [5, 5.41) is 3.22. The number of rotatable bonds is 5. The van der Waals surface area contributed by atoms with E-state index >= 15 is 0 Å². The quantitative estimate of drug-likeness (QED) is 0.898. The monoisotopic (exact) mass is 314 g/mol. The van der Waals surface area contributed by atoms with Crippen molar-refractivity contribution in [3.8, 4) is 11.5 Å². The van der Waals surface area contributed by atoms with Crippen LogP contribution in [0.2, 0.25) is 0 Å². The van der Waals surface area contributed by atoms with E-state index in [4.69, 9.17) is 9.47 Å². The number of hydrogen-bond donors (Lipinski definition) is 1. The van der Waals surface area contributed by atoms with Crippen molar-refractivity contribution in [2.24, 2.45) is 5.92 Å². The summed E-state index contributed by atoms with van der Waals surface area (Å²) in [7, 11) is 5.09. The Hall–Kier alpha value is -1.46. The highest BCUT2D eigenvalue weighted by molar-refractivity contribution is 5.85. The number of carbonyl (C=O) groups is 1. The minimum absolute atomic E-state index is 0. The van der Waals surface area contributed by atoms with E-state index in [1.54, 1.807) is 19.1 Å². The Morgan fingerprint density at radius 3 is 2.71 bits per heavy atom. The molecule has 1 fully saturated rings. The molecule has 6 heteroatoms. The summed E-state index contributed by atoms with van der Waals surface area (Å²) in [6.45, 7) is 2.25. The minimum atomic E-state index is 0. The van der Waals surface area contributed by atoms with Gasteiger partial charge in [-0.3, -0.25) is 4.79 Å². The molecule has 1 amide bonds. The SMILES string of the molecule is COc1ccc(CN(C)C(=O)C2CCNC2)c(OC)c1.Cl. The molecule has 118 valence electrons. The lowest BCUT2D eigenvalue weighted by Gasteiger charge is -2.22. The highest BCUT2D eigenvalue weighted by atomic mass is 35.5. The highest BCUT2D eigenvalue weighted by Gasteiger charge is 2.25. The molecular weight excluding hydrogens is 292 g/mol. The molecule has 1 heterocycles. The summed E-state index contributed by atoms with van der Waals surface area (Å²) in [6.07, 6.45) is 0.920. The van der Waals surface area contributed by atoms with Gasteiger partial charge in [-0.05, 0) is 25.1 Å². The first-order valence-corrected chi connectivity index (χ1v) is 6.82. The van der Waals surface area contributed by atoms with Crippen molar-refractivity contribution in [1.29, 1.82) is 0 Å². The minimum Gasteiger partial charge on any atom is -0.497 e. The van der Waals surface area contributed by atoms with Crippen LogP contribution in [0.4, 0.5) is 0 Å². The van der Waals surface area contributed by atoms with Crippen molar-refractivity contribution in [3.63, 3.8) is 0 Å². The maximum absolute atomic E-state index is 12.3. The molecule has 1 atom stereocenters. The Morgan fingerprint density at radius 1 is 1.38 bits per heavy atom. The molecule has 1 aromatic carbocycles. The summed E-state index contributed by atoms with van der Waals surface area (Å²) in [5.74, 6) is 1.78. The molecule has 1 unspecified atom stereocenters. The van der Waals surface area contributed by atoms with Crippen molar-refractivity contribution in [3.05, 3.63) is 23.8 Å². The van der Waals surface area contributed by atoms with Crippen molar-refractivity contribution in [2.45, 2.75) is 13.0 Å². The van der Waals surface area contributed by atoms with Gasteiger partial charge in [0.15, 0.2) is 0 Å². The third-order valence-corrected chi connectivity index (χ3v) is 3.69. The van der Waals surface area contributed by atoms with Crippen LogP contribution in [-0.4, -0.2) is 45.2 Å². The number of amides is 1. The molecule has 1 aromatic rings. The topological polar surface area (TPSA) is 50.8 Å². The van der Waals surface area contributed by atoms with Gasteiger partial charge >= 0.3 is 0 Å². The van der Waals surface area contributed by atoms with Crippen molar-refractivity contribution in [2.75, 3.05) is 34.4 Å². The van der Waals surface area contributed by atoms with Gasteiger partial charge in [-0.2, -0.15) is 0 Å². The van der Waals surface area contributed by atoms with E-state index in [0.29, 0.717) is 6.54 Å². The largest absolute Gasteiger partial charge is 0.497 e. The predicted octanol–water partition coefficient (Wildman–Crippen LogP) is 1.69. The lowest BCUT2D eigenvalue weighted by Crippen LogP contribution is -2.33. The van der Waals surface area contributed by atoms with Crippen LogP contribution in [0.25, 0.3) is 0 Å². The van der Waals surface area contributed by atoms with E-state index in [0.717, 1.165) is 36.6 Å². The van der Waals surface area contributed by atoms with Gasteiger partial charge < -0.3 is 19.7 Å². The van der Waals surface area contributed by atoms with E-state index in [-0.39, 0.29) is 24.2 Å². The van der Waals surface area contributed by atoms with E-state index in [9.17, 15) is 4.79 Å². The molecule has 1 aliphatic rings. The molecular formula is C15H23ClN2O3. The third-order valence-electron chi connectivity index (χ3n) is 3.69. The fourth-order valence-corrected chi connectivity index (χ4v) is 2.49. The fraction of sp³-hybridized carbons (Fsp3) is 0.533. The van der Waals surface area contributed by atoms with Gasteiger partial charge in [0.25, 0.3) is 0 Å². The zero-order chi connectivity index (χ0) is 14.5. The Kier molecular flexibility index (Phi) is 6.78. The van der Waals surface area contributed by atoms with Crippen LogP contribution < -0.4 is 14.8 Å². The van der Waals surface area contributed by atoms with Crippen LogP contribution in [0.15, 0.2) is 18.2 Å². The molecule has 0 saturated carbocycles. The first kappa shape index (κ1) is 17.6. The molecule has 1 saturated heterocycles. The summed E-state index contributed by atoms with van der Waals surface area (Å²) in [5.41, 5.74) is 0.982. The molecule has 5 nitrogen and oxygen atoms in total. The summed E-state index contributed by atoms with van der Waals surface area (Å²) < 4.78 is 10.5. The van der Waals surface area contributed by atoms with Crippen LogP contribution in [0.1, 0.15) is 12.0 Å². The molecule has 0 aliphatic carbocycles. The van der Waals surface area contributed by atoms with Gasteiger partial charge in [0.2, 0.25) is 5.91 Å². The Morgan fingerprint density at radius 2 is 2.14 bits per heavy atom. The summed E-state index contributed by atoms with van der Waals surface area (Å²) >= 11 is 0.